The van der Waals surface area contributed by atoms with Gasteiger partial charge in [0.1, 0.15) is 0 Å². The number of aliphatic carboxylic acids is 1. The summed E-state index contributed by atoms with van der Waals surface area (Å²) in [5.41, 5.74) is 0.909. The summed E-state index contributed by atoms with van der Waals surface area (Å²) in [6.45, 7) is 4.76. The topological polar surface area (TPSA) is 98.7 Å². The van der Waals surface area contributed by atoms with Crippen LogP contribution < -0.4 is 10.6 Å². The second kappa shape index (κ2) is 6.38. The Hall–Kier alpha value is -2.08. The van der Waals surface area contributed by atoms with E-state index in [9.17, 15) is 14.7 Å². The molecule has 20 heavy (non-hydrogen) atoms. The molecule has 0 aliphatic heterocycles. The second-order valence-corrected chi connectivity index (χ2v) is 4.88. The molecule has 0 aliphatic rings. The maximum Gasteiger partial charge on any atom is 0.337 e. The van der Waals surface area contributed by atoms with Crippen LogP contribution in [0.1, 0.15) is 25.0 Å². The van der Waals surface area contributed by atoms with Crippen LogP contribution in [0.5, 0.6) is 0 Å². The largest absolute Gasteiger partial charge is 0.479 e. The van der Waals surface area contributed by atoms with E-state index in [-0.39, 0.29) is 6.54 Å². The molecule has 6 nitrogen and oxygen atoms in total. The minimum absolute atomic E-state index is 0.374. The molecule has 1 aromatic carbocycles. The Morgan fingerprint density at radius 1 is 1.35 bits per heavy atom. The summed E-state index contributed by atoms with van der Waals surface area (Å²) in [5, 5.41) is 23.1. The number of amides is 2. The molecule has 0 saturated heterocycles. The van der Waals surface area contributed by atoms with E-state index >= 15 is 0 Å². The number of hydrogen-bond donors (Lipinski definition) is 4. The first kappa shape index (κ1) is 16.0. The van der Waals surface area contributed by atoms with E-state index in [1.807, 2.05) is 26.0 Å². The predicted octanol–water partition coefficient (Wildman–Crippen LogP) is 1.51. The van der Waals surface area contributed by atoms with Gasteiger partial charge in [-0.05, 0) is 43.5 Å². The fourth-order valence-corrected chi connectivity index (χ4v) is 1.63. The lowest BCUT2D eigenvalue weighted by Gasteiger charge is -2.18. The van der Waals surface area contributed by atoms with Gasteiger partial charge >= 0.3 is 12.0 Å². The van der Waals surface area contributed by atoms with Crippen molar-refractivity contribution in [1.29, 1.82) is 0 Å². The van der Waals surface area contributed by atoms with Gasteiger partial charge in [-0.2, -0.15) is 0 Å². The maximum absolute atomic E-state index is 11.6. The lowest BCUT2D eigenvalue weighted by Crippen LogP contribution is -2.47. The zero-order valence-electron chi connectivity index (χ0n) is 11.9. The Morgan fingerprint density at radius 2 is 2.00 bits per heavy atom. The number of benzene rings is 1. The Kier molecular flexibility index (Phi) is 5.10. The molecule has 1 unspecified atom stereocenters. The van der Waals surface area contributed by atoms with Gasteiger partial charge in [-0.25, -0.2) is 9.59 Å². The van der Waals surface area contributed by atoms with Crippen LogP contribution in [0.15, 0.2) is 18.2 Å². The van der Waals surface area contributed by atoms with Crippen LogP contribution in [0.4, 0.5) is 10.5 Å². The number of urea groups is 1. The molecule has 6 heteroatoms. The first-order valence-electron chi connectivity index (χ1n) is 6.36. The molecule has 2 amide bonds. The summed E-state index contributed by atoms with van der Waals surface area (Å²) in [5.74, 6) is -1.39. The zero-order chi connectivity index (χ0) is 15.3. The number of anilines is 1. The quantitative estimate of drug-likeness (QED) is 0.657. The minimum Gasteiger partial charge on any atom is -0.479 e. The number of hydrogen-bond acceptors (Lipinski definition) is 3. The van der Waals surface area contributed by atoms with Crippen molar-refractivity contribution in [3.05, 3.63) is 29.3 Å². The van der Waals surface area contributed by atoms with Crippen molar-refractivity contribution >= 4 is 17.7 Å². The Labute approximate surface area is 117 Å². The molecule has 1 atom stereocenters. The van der Waals surface area contributed by atoms with Crippen molar-refractivity contribution in [2.45, 2.75) is 32.8 Å². The molecule has 0 bridgehead atoms. The van der Waals surface area contributed by atoms with E-state index in [0.717, 1.165) is 24.5 Å². The van der Waals surface area contributed by atoms with Crippen molar-refractivity contribution in [2.75, 3.05) is 11.9 Å². The molecule has 4 N–H and O–H groups in total. The zero-order valence-corrected chi connectivity index (χ0v) is 11.9. The minimum atomic E-state index is -1.99. The summed E-state index contributed by atoms with van der Waals surface area (Å²) in [7, 11) is 0. The third-order valence-electron chi connectivity index (χ3n) is 3.04. The van der Waals surface area contributed by atoms with Gasteiger partial charge in [0.05, 0.1) is 6.54 Å². The highest BCUT2D eigenvalue weighted by molar-refractivity contribution is 5.90. The number of carboxylic acid groups (broad SMARTS) is 1. The van der Waals surface area contributed by atoms with Crippen molar-refractivity contribution in [2.24, 2.45) is 0 Å². The van der Waals surface area contributed by atoms with Gasteiger partial charge in [0.2, 0.25) is 0 Å². The number of carboxylic acids is 1. The summed E-state index contributed by atoms with van der Waals surface area (Å²) in [6, 6.07) is 4.98. The van der Waals surface area contributed by atoms with Gasteiger partial charge in [0, 0.05) is 5.69 Å². The normalized spacial score (nSPS) is 13.4. The maximum atomic E-state index is 11.6. The lowest BCUT2D eigenvalue weighted by molar-refractivity contribution is -0.155. The van der Waals surface area contributed by atoms with Crippen LogP contribution >= 0.6 is 0 Å². The lowest BCUT2D eigenvalue weighted by atomic mass is 10.1. The number of nitrogens with one attached hydrogen (secondary N) is 2. The van der Waals surface area contributed by atoms with Gasteiger partial charge in [0.25, 0.3) is 0 Å². The summed E-state index contributed by atoms with van der Waals surface area (Å²) in [4.78, 5) is 22.3. The number of rotatable bonds is 5. The van der Waals surface area contributed by atoms with Crippen LogP contribution in [0, 0.1) is 6.92 Å². The smallest absolute Gasteiger partial charge is 0.337 e. The second-order valence-electron chi connectivity index (χ2n) is 4.88. The Bertz CT molecular complexity index is 512. The number of aliphatic hydroxyl groups is 1. The molecule has 0 saturated carbocycles. The van der Waals surface area contributed by atoms with Gasteiger partial charge in [-0.1, -0.05) is 13.0 Å². The van der Waals surface area contributed by atoms with Gasteiger partial charge in [0.15, 0.2) is 5.60 Å². The fourth-order valence-electron chi connectivity index (χ4n) is 1.63. The monoisotopic (exact) mass is 280 g/mol. The van der Waals surface area contributed by atoms with Crippen LogP contribution in [0.3, 0.4) is 0 Å². The number of carbonyl (C=O) groups is 2. The molecule has 1 rings (SSSR count). The fraction of sp³-hybridized carbons (Fsp3) is 0.429. The average Bonchev–Trinajstić information content (AvgIpc) is 2.38. The Balaban J connectivity index is 2.61. The van der Waals surface area contributed by atoms with Crippen LogP contribution in [0.2, 0.25) is 0 Å². The number of carbonyl (C=O) groups excluding carboxylic acids is 1. The molecular formula is C14H20N2O4. The van der Waals surface area contributed by atoms with E-state index in [1.165, 1.54) is 0 Å². The molecule has 0 radical (unpaired) electrons. The third-order valence-corrected chi connectivity index (χ3v) is 3.04. The van der Waals surface area contributed by atoms with Crippen molar-refractivity contribution in [1.82, 2.24) is 5.32 Å². The highest BCUT2D eigenvalue weighted by Gasteiger charge is 2.30. The van der Waals surface area contributed by atoms with Gasteiger partial charge in [-0.3, -0.25) is 0 Å². The molecule has 0 spiro atoms. The van der Waals surface area contributed by atoms with E-state index in [2.05, 4.69) is 10.6 Å². The first-order valence-corrected chi connectivity index (χ1v) is 6.36. The molecule has 0 aliphatic carbocycles. The van der Waals surface area contributed by atoms with E-state index < -0.39 is 17.6 Å². The van der Waals surface area contributed by atoms with E-state index in [4.69, 9.17) is 5.11 Å². The van der Waals surface area contributed by atoms with Crippen molar-refractivity contribution in [3.63, 3.8) is 0 Å². The molecule has 110 valence electrons. The third kappa shape index (κ3) is 4.24. The van der Waals surface area contributed by atoms with Crippen LogP contribution in [-0.4, -0.2) is 34.4 Å². The first-order chi connectivity index (χ1) is 9.26. The molecule has 0 fully saturated rings. The van der Waals surface area contributed by atoms with Gasteiger partial charge in [-0.15, -0.1) is 0 Å². The number of aryl methyl sites for hydroxylation is 2. The predicted molar refractivity (Wildman–Crippen MR) is 75.8 cm³/mol. The Morgan fingerprint density at radius 3 is 2.55 bits per heavy atom. The molecule has 0 aromatic heterocycles. The standard InChI is InChI=1S/C14H20N2O4/c1-4-10-7-11(6-5-9(10)2)16-13(19)15-8-14(3,20)12(17)18/h5-7,20H,4,8H2,1-3H3,(H,17,18)(H2,15,16,19). The molecular weight excluding hydrogens is 260 g/mol. The SMILES string of the molecule is CCc1cc(NC(=O)NCC(C)(O)C(=O)O)ccc1C. The van der Waals surface area contributed by atoms with Crippen molar-refractivity contribution < 1.29 is 19.8 Å². The van der Waals surface area contributed by atoms with E-state index in [0.29, 0.717) is 5.69 Å². The van der Waals surface area contributed by atoms with E-state index in [1.54, 1.807) is 6.07 Å². The summed E-state index contributed by atoms with van der Waals surface area (Å²) >= 11 is 0. The molecule has 0 heterocycles. The highest BCUT2D eigenvalue weighted by Crippen LogP contribution is 2.15. The summed E-state index contributed by atoms with van der Waals surface area (Å²) < 4.78 is 0. The van der Waals surface area contributed by atoms with Crippen LogP contribution in [-0.2, 0) is 11.2 Å². The van der Waals surface area contributed by atoms with Crippen molar-refractivity contribution in [3.8, 4) is 0 Å². The van der Waals surface area contributed by atoms with Crippen LogP contribution in [0.25, 0.3) is 0 Å². The average molecular weight is 280 g/mol. The highest BCUT2D eigenvalue weighted by atomic mass is 16.4. The summed E-state index contributed by atoms with van der Waals surface area (Å²) in [6.07, 6.45) is 0.858. The molecule has 1 aromatic rings. The van der Waals surface area contributed by atoms with Gasteiger partial charge < -0.3 is 20.8 Å².